The van der Waals surface area contributed by atoms with Crippen molar-refractivity contribution in [1.29, 1.82) is 0 Å². The number of hydrogen-bond acceptors (Lipinski definition) is 4. The van der Waals surface area contributed by atoms with E-state index in [2.05, 4.69) is 5.32 Å². The molecule has 1 aliphatic rings. The van der Waals surface area contributed by atoms with Crippen LogP contribution in [0.15, 0.2) is 18.2 Å². The summed E-state index contributed by atoms with van der Waals surface area (Å²) in [4.78, 5) is 12.0. The van der Waals surface area contributed by atoms with Crippen LogP contribution in [0.3, 0.4) is 0 Å². The molecule has 0 saturated carbocycles. The van der Waals surface area contributed by atoms with E-state index in [0.717, 1.165) is 17.1 Å². The minimum atomic E-state index is 0.0137. The second-order valence-corrected chi connectivity index (χ2v) is 5.62. The molecule has 5 heteroatoms. The molecule has 0 spiro atoms. The Balaban J connectivity index is 1.83. The first kappa shape index (κ1) is 15.6. The lowest BCUT2D eigenvalue weighted by atomic mass is 10.0. The number of benzene rings is 1. The van der Waals surface area contributed by atoms with E-state index in [-0.39, 0.29) is 25.3 Å². The van der Waals surface area contributed by atoms with Crippen LogP contribution in [-0.2, 0) is 11.2 Å². The molecule has 1 atom stereocenters. The molecule has 0 saturated heterocycles. The van der Waals surface area contributed by atoms with E-state index in [0.29, 0.717) is 25.2 Å². The molecule has 0 radical (unpaired) electrons. The maximum absolute atomic E-state index is 12.0. The molecule has 5 nitrogen and oxygen atoms in total. The molecular weight excluding hydrogens is 270 g/mol. The van der Waals surface area contributed by atoms with Crippen LogP contribution in [0.4, 0.5) is 0 Å². The van der Waals surface area contributed by atoms with Gasteiger partial charge >= 0.3 is 0 Å². The molecular formula is C16H23NO4. The summed E-state index contributed by atoms with van der Waals surface area (Å²) < 4.78 is 10.6. The summed E-state index contributed by atoms with van der Waals surface area (Å²) in [7, 11) is 0. The maximum Gasteiger partial charge on any atom is 0.231 e. The van der Waals surface area contributed by atoms with Crippen LogP contribution in [0.1, 0.15) is 32.3 Å². The average Bonchev–Trinajstić information content (AvgIpc) is 2.92. The van der Waals surface area contributed by atoms with Gasteiger partial charge in [-0.05, 0) is 36.5 Å². The number of hydrogen-bond donors (Lipinski definition) is 2. The number of carbonyl (C=O) groups is 1. The van der Waals surface area contributed by atoms with Crippen LogP contribution in [-0.4, -0.2) is 30.5 Å². The number of rotatable bonds is 7. The predicted octanol–water partition coefficient (Wildman–Crippen LogP) is 1.87. The lowest BCUT2D eigenvalue weighted by molar-refractivity contribution is -0.122. The first-order chi connectivity index (χ1) is 10.1. The Morgan fingerprint density at radius 3 is 2.81 bits per heavy atom. The van der Waals surface area contributed by atoms with Crippen molar-refractivity contribution in [2.45, 2.75) is 39.2 Å². The number of fused-ring (bicyclic) bond motifs is 1. The third-order valence-corrected chi connectivity index (χ3v) is 3.67. The van der Waals surface area contributed by atoms with Crippen LogP contribution in [0.25, 0.3) is 0 Å². The summed E-state index contributed by atoms with van der Waals surface area (Å²) in [5.74, 6) is 1.82. The van der Waals surface area contributed by atoms with Gasteiger partial charge in [-0.25, -0.2) is 0 Å². The van der Waals surface area contributed by atoms with Gasteiger partial charge in [0.25, 0.3) is 0 Å². The van der Waals surface area contributed by atoms with Crippen molar-refractivity contribution in [2.24, 2.45) is 5.92 Å². The van der Waals surface area contributed by atoms with Crippen LogP contribution in [0.5, 0.6) is 11.5 Å². The largest absolute Gasteiger partial charge is 0.454 e. The lowest BCUT2D eigenvalue weighted by Gasteiger charge is -2.21. The van der Waals surface area contributed by atoms with Crippen molar-refractivity contribution in [2.75, 3.05) is 13.4 Å². The standard InChI is InChI=1S/C16H23NO4/c1-11(2)13(7-8-18)17-16(19)6-4-12-3-5-14-15(9-12)21-10-20-14/h3,5,9,11,13,18H,4,6-8,10H2,1-2H3,(H,17,19). The zero-order valence-corrected chi connectivity index (χ0v) is 12.6. The maximum atomic E-state index is 12.0. The molecule has 1 aliphatic heterocycles. The minimum absolute atomic E-state index is 0.0137. The molecule has 1 amide bonds. The van der Waals surface area contributed by atoms with Gasteiger partial charge in [0.15, 0.2) is 11.5 Å². The monoisotopic (exact) mass is 293 g/mol. The first-order valence-electron chi connectivity index (χ1n) is 7.39. The van der Waals surface area contributed by atoms with Gasteiger partial charge < -0.3 is 19.9 Å². The molecule has 116 valence electrons. The van der Waals surface area contributed by atoms with Gasteiger partial charge in [-0.15, -0.1) is 0 Å². The van der Waals surface area contributed by atoms with Crippen molar-refractivity contribution in [1.82, 2.24) is 5.32 Å². The quantitative estimate of drug-likeness (QED) is 0.805. The Morgan fingerprint density at radius 2 is 2.10 bits per heavy atom. The smallest absolute Gasteiger partial charge is 0.231 e. The first-order valence-corrected chi connectivity index (χ1v) is 7.39. The summed E-state index contributed by atoms with van der Waals surface area (Å²) >= 11 is 0. The zero-order valence-electron chi connectivity index (χ0n) is 12.6. The summed E-state index contributed by atoms with van der Waals surface area (Å²) in [5, 5.41) is 12.0. The van der Waals surface area contributed by atoms with Crippen molar-refractivity contribution < 1.29 is 19.4 Å². The second-order valence-electron chi connectivity index (χ2n) is 5.62. The average molecular weight is 293 g/mol. The van der Waals surface area contributed by atoms with E-state index in [1.165, 1.54) is 0 Å². The molecule has 1 heterocycles. The summed E-state index contributed by atoms with van der Waals surface area (Å²) in [6, 6.07) is 5.77. The van der Waals surface area contributed by atoms with E-state index >= 15 is 0 Å². The van der Waals surface area contributed by atoms with Crippen LogP contribution in [0, 0.1) is 5.92 Å². The highest BCUT2D eigenvalue weighted by atomic mass is 16.7. The second kappa shape index (κ2) is 7.31. The van der Waals surface area contributed by atoms with Gasteiger partial charge in [0.1, 0.15) is 0 Å². The van der Waals surface area contributed by atoms with Gasteiger partial charge in [-0.1, -0.05) is 19.9 Å². The van der Waals surface area contributed by atoms with Crippen molar-refractivity contribution >= 4 is 5.91 Å². The Bertz CT molecular complexity index is 487. The Labute approximate surface area is 125 Å². The number of amides is 1. The van der Waals surface area contributed by atoms with Crippen molar-refractivity contribution in [3.63, 3.8) is 0 Å². The predicted molar refractivity (Wildman–Crippen MR) is 79.4 cm³/mol. The highest BCUT2D eigenvalue weighted by Gasteiger charge is 2.16. The normalized spacial score (nSPS) is 14.3. The minimum Gasteiger partial charge on any atom is -0.454 e. The summed E-state index contributed by atoms with van der Waals surface area (Å²) in [6.07, 6.45) is 1.67. The highest BCUT2D eigenvalue weighted by Crippen LogP contribution is 2.32. The Kier molecular flexibility index (Phi) is 5.44. The highest BCUT2D eigenvalue weighted by molar-refractivity contribution is 5.76. The SMILES string of the molecule is CC(C)C(CCO)NC(=O)CCc1ccc2c(c1)OCO2. The van der Waals surface area contributed by atoms with E-state index in [4.69, 9.17) is 14.6 Å². The van der Waals surface area contributed by atoms with Gasteiger partial charge in [0, 0.05) is 19.1 Å². The molecule has 1 aromatic rings. The number of carbonyl (C=O) groups excluding carboxylic acids is 1. The van der Waals surface area contributed by atoms with Gasteiger partial charge in [-0.3, -0.25) is 4.79 Å². The molecule has 1 unspecified atom stereocenters. The summed E-state index contributed by atoms with van der Waals surface area (Å²) in [5.41, 5.74) is 1.05. The fourth-order valence-electron chi connectivity index (χ4n) is 2.34. The molecule has 2 rings (SSSR count). The van der Waals surface area contributed by atoms with Crippen molar-refractivity contribution in [3.05, 3.63) is 23.8 Å². The fraction of sp³-hybridized carbons (Fsp3) is 0.562. The number of ether oxygens (including phenoxy) is 2. The number of aryl methyl sites for hydroxylation is 1. The molecule has 0 aromatic heterocycles. The topological polar surface area (TPSA) is 67.8 Å². The van der Waals surface area contributed by atoms with Crippen molar-refractivity contribution in [3.8, 4) is 11.5 Å². The molecule has 1 aromatic carbocycles. The number of aliphatic hydroxyl groups excluding tert-OH is 1. The van der Waals surface area contributed by atoms with E-state index in [1.807, 2.05) is 32.0 Å². The van der Waals surface area contributed by atoms with E-state index < -0.39 is 0 Å². The van der Waals surface area contributed by atoms with Gasteiger partial charge in [0.2, 0.25) is 12.7 Å². The Morgan fingerprint density at radius 1 is 1.33 bits per heavy atom. The third-order valence-electron chi connectivity index (χ3n) is 3.67. The number of nitrogens with one attached hydrogen (secondary N) is 1. The molecule has 2 N–H and O–H groups in total. The van der Waals surface area contributed by atoms with Crippen LogP contribution >= 0.6 is 0 Å². The Hall–Kier alpha value is -1.75. The van der Waals surface area contributed by atoms with Crippen LogP contribution in [0.2, 0.25) is 0 Å². The number of aliphatic hydroxyl groups is 1. The van der Waals surface area contributed by atoms with E-state index in [1.54, 1.807) is 0 Å². The zero-order chi connectivity index (χ0) is 15.2. The molecule has 0 bridgehead atoms. The molecule has 0 aliphatic carbocycles. The van der Waals surface area contributed by atoms with Crippen LogP contribution < -0.4 is 14.8 Å². The van der Waals surface area contributed by atoms with E-state index in [9.17, 15) is 4.79 Å². The molecule has 0 fully saturated rings. The third kappa shape index (κ3) is 4.36. The summed E-state index contributed by atoms with van der Waals surface area (Å²) in [6.45, 7) is 4.43. The molecule has 21 heavy (non-hydrogen) atoms. The van der Waals surface area contributed by atoms with Gasteiger partial charge in [-0.2, -0.15) is 0 Å². The lowest BCUT2D eigenvalue weighted by Crippen LogP contribution is -2.39. The van der Waals surface area contributed by atoms with Gasteiger partial charge in [0.05, 0.1) is 0 Å². The fourth-order valence-corrected chi connectivity index (χ4v) is 2.34.